The summed E-state index contributed by atoms with van der Waals surface area (Å²) in [5.41, 5.74) is 0.873. The molecule has 0 bridgehead atoms. The Morgan fingerprint density at radius 2 is 2.37 bits per heavy atom. The smallest absolute Gasteiger partial charge is 0.341 e. The molecule has 0 fully saturated rings. The van der Waals surface area contributed by atoms with E-state index in [1.54, 1.807) is 19.1 Å². The van der Waals surface area contributed by atoms with Gasteiger partial charge in [0.1, 0.15) is 23.2 Å². The normalized spacial score (nSPS) is 11.1. The zero-order valence-corrected chi connectivity index (χ0v) is 11.3. The van der Waals surface area contributed by atoms with Crippen LogP contribution in [0.15, 0.2) is 28.0 Å². The Balaban J connectivity index is 2.38. The van der Waals surface area contributed by atoms with Gasteiger partial charge in [-0.05, 0) is 30.5 Å². The predicted octanol–water partition coefficient (Wildman–Crippen LogP) is 3.50. The van der Waals surface area contributed by atoms with Crippen LogP contribution in [0.1, 0.15) is 26.8 Å². The summed E-state index contributed by atoms with van der Waals surface area (Å²) in [5, 5.41) is 11.0. The summed E-state index contributed by atoms with van der Waals surface area (Å²) >= 11 is 1.47. The largest absolute Gasteiger partial charge is 0.465 e. The van der Waals surface area contributed by atoms with Crippen molar-refractivity contribution in [3.05, 3.63) is 45.5 Å². The lowest BCUT2D eigenvalue weighted by molar-refractivity contribution is 0.0599. The molecule has 0 aliphatic rings. The first kappa shape index (κ1) is 13.1. The third-order valence-corrected chi connectivity index (χ3v) is 3.44. The Bertz CT molecular complexity index is 659. The second-order valence-corrected chi connectivity index (χ2v) is 4.71. The Hall–Kier alpha value is -2.32. The average Bonchev–Trinajstić information content (AvgIpc) is 3.04. The number of hydrogen-bond acceptors (Lipinski definition) is 5. The molecule has 0 N–H and O–H groups in total. The molecule has 0 radical (unpaired) electrons. The lowest BCUT2D eigenvalue weighted by atomic mass is 10.2. The molecule has 0 aliphatic heterocycles. The molecular weight excluding hydrogens is 262 g/mol. The Morgan fingerprint density at radius 1 is 1.58 bits per heavy atom. The van der Waals surface area contributed by atoms with Crippen molar-refractivity contribution in [3.8, 4) is 6.07 Å². The van der Waals surface area contributed by atoms with Crippen LogP contribution >= 0.6 is 11.3 Å². The number of ether oxygens (including phenoxy) is 1. The van der Waals surface area contributed by atoms with Crippen LogP contribution in [-0.2, 0) is 4.74 Å². The molecule has 19 heavy (non-hydrogen) atoms. The zero-order valence-electron chi connectivity index (χ0n) is 10.5. The van der Waals surface area contributed by atoms with Crippen LogP contribution in [0.2, 0.25) is 0 Å². The molecule has 0 unspecified atom stereocenters. The van der Waals surface area contributed by atoms with Gasteiger partial charge in [-0.3, -0.25) is 0 Å². The lowest BCUT2D eigenvalue weighted by Crippen LogP contribution is -2.00. The second kappa shape index (κ2) is 5.55. The van der Waals surface area contributed by atoms with Crippen molar-refractivity contribution in [2.24, 2.45) is 0 Å². The minimum absolute atomic E-state index is 0.372. The van der Waals surface area contributed by atoms with Gasteiger partial charge in [0.2, 0.25) is 0 Å². The van der Waals surface area contributed by atoms with E-state index in [0.717, 1.165) is 4.88 Å². The van der Waals surface area contributed by atoms with Crippen molar-refractivity contribution in [2.75, 3.05) is 7.11 Å². The first-order chi connectivity index (χ1) is 9.15. The summed E-state index contributed by atoms with van der Waals surface area (Å²) in [6.45, 7) is 1.68. The van der Waals surface area contributed by atoms with E-state index in [4.69, 9.17) is 9.68 Å². The maximum Gasteiger partial charge on any atom is 0.341 e. The van der Waals surface area contributed by atoms with Crippen molar-refractivity contribution < 1.29 is 13.9 Å². The molecule has 2 aromatic rings. The number of carbonyl (C=O) groups is 1. The van der Waals surface area contributed by atoms with Crippen molar-refractivity contribution in [1.29, 1.82) is 5.26 Å². The van der Waals surface area contributed by atoms with Crippen molar-refractivity contribution in [2.45, 2.75) is 6.92 Å². The summed E-state index contributed by atoms with van der Waals surface area (Å²) in [7, 11) is 1.32. The fraction of sp³-hybridized carbons (Fsp3) is 0.143. The van der Waals surface area contributed by atoms with E-state index in [1.165, 1.54) is 18.4 Å². The third-order valence-electron chi connectivity index (χ3n) is 2.54. The summed E-state index contributed by atoms with van der Waals surface area (Å²) in [6, 6.07) is 7.43. The Morgan fingerprint density at radius 3 is 2.95 bits per heavy atom. The van der Waals surface area contributed by atoms with Crippen LogP contribution in [0.4, 0.5) is 0 Å². The zero-order chi connectivity index (χ0) is 13.8. The molecule has 0 saturated heterocycles. The van der Waals surface area contributed by atoms with E-state index >= 15 is 0 Å². The van der Waals surface area contributed by atoms with Gasteiger partial charge in [0.25, 0.3) is 0 Å². The maximum atomic E-state index is 11.5. The standard InChI is InChI=1S/C14H11NO3S/c1-9-12(14(16)17-2)7-11(18-9)6-10(8-15)13-4-3-5-19-13/h3-7H,1-2H3/b10-6+. The number of aryl methyl sites for hydroxylation is 1. The van der Waals surface area contributed by atoms with E-state index < -0.39 is 5.97 Å². The van der Waals surface area contributed by atoms with E-state index in [1.807, 2.05) is 17.5 Å². The summed E-state index contributed by atoms with van der Waals surface area (Å²) < 4.78 is 10.1. The van der Waals surface area contributed by atoms with Crippen LogP contribution in [-0.4, -0.2) is 13.1 Å². The molecule has 0 atom stereocenters. The summed E-state index contributed by atoms with van der Waals surface area (Å²) in [5.74, 6) is 0.486. The van der Waals surface area contributed by atoms with Crippen LogP contribution < -0.4 is 0 Å². The number of carbonyl (C=O) groups excluding carboxylic acids is 1. The second-order valence-electron chi connectivity index (χ2n) is 3.76. The molecule has 5 heteroatoms. The molecule has 0 spiro atoms. The number of thiophene rings is 1. The van der Waals surface area contributed by atoms with Gasteiger partial charge in [-0.2, -0.15) is 5.26 Å². The van der Waals surface area contributed by atoms with Crippen LogP contribution in [0.25, 0.3) is 11.6 Å². The number of furan rings is 1. The topological polar surface area (TPSA) is 63.2 Å². The van der Waals surface area contributed by atoms with Crippen molar-refractivity contribution >= 4 is 29.0 Å². The minimum Gasteiger partial charge on any atom is -0.465 e. The van der Waals surface area contributed by atoms with Gasteiger partial charge in [-0.25, -0.2) is 4.79 Å². The van der Waals surface area contributed by atoms with Gasteiger partial charge in [0.15, 0.2) is 0 Å². The molecule has 4 nitrogen and oxygen atoms in total. The van der Waals surface area contributed by atoms with E-state index in [9.17, 15) is 4.79 Å². The van der Waals surface area contributed by atoms with Gasteiger partial charge >= 0.3 is 5.97 Å². The Kier molecular flexibility index (Phi) is 3.83. The van der Waals surface area contributed by atoms with Gasteiger partial charge in [0.05, 0.1) is 12.7 Å². The van der Waals surface area contributed by atoms with Crippen LogP contribution in [0.5, 0.6) is 0 Å². The number of nitriles is 1. The summed E-state index contributed by atoms with van der Waals surface area (Å²) in [6.07, 6.45) is 1.62. The highest BCUT2D eigenvalue weighted by atomic mass is 32.1. The van der Waals surface area contributed by atoms with Crippen LogP contribution in [0.3, 0.4) is 0 Å². The average molecular weight is 273 g/mol. The van der Waals surface area contributed by atoms with E-state index in [2.05, 4.69) is 10.8 Å². The van der Waals surface area contributed by atoms with E-state index in [-0.39, 0.29) is 0 Å². The highest BCUT2D eigenvalue weighted by molar-refractivity contribution is 7.11. The highest BCUT2D eigenvalue weighted by Gasteiger charge is 2.15. The Labute approximate surface area is 114 Å². The molecular formula is C14H11NO3S. The quantitative estimate of drug-likeness (QED) is 0.634. The molecule has 0 aliphatic carbocycles. The highest BCUT2D eigenvalue weighted by Crippen LogP contribution is 2.24. The number of rotatable bonds is 3. The molecule has 2 aromatic heterocycles. The molecule has 96 valence electrons. The lowest BCUT2D eigenvalue weighted by Gasteiger charge is -1.93. The molecule has 0 amide bonds. The number of esters is 1. The number of hydrogen-bond donors (Lipinski definition) is 0. The summed E-state index contributed by atoms with van der Waals surface area (Å²) in [4.78, 5) is 12.3. The predicted molar refractivity (Wildman–Crippen MR) is 72.6 cm³/mol. The van der Waals surface area contributed by atoms with Crippen LogP contribution in [0, 0.1) is 18.3 Å². The SMILES string of the molecule is COC(=O)c1cc(/C=C(\C#N)c2cccs2)oc1C. The fourth-order valence-corrected chi connectivity index (χ4v) is 2.31. The third kappa shape index (κ3) is 2.75. The fourth-order valence-electron chi connectivity index (χ4n) is 1.62. The molecule has 2 rings (SSSR count). The van der Waals surface area contributed by atoms with Crippen molar-refractivity contribution in [3.63, 3.8) is 0 Å². The van der Waals surface area contributed by atoms with Gasteiger partial charge in [-0.15, -0.1) is 11.3 Å². The number of nitrogens with zero attached hydrogens (tertiary/aromatic N) is 1. The monoisotopic (exact) mass is 273 g/mol. The number of methoxy groups -OCH3 is 1. The van der Waals surface area contributed by atoms with E-state index in [0.29, 0.717) is 22.7 Å². The molecule has 0 aromatic carbocycles. The maximum absolute atomic E-state index is 11.5. The molecule has 0 saturated carbocycles. The first-order valence-electron chi connectivity index (χ1n) is 5.50. The van der Waals surface area contributed by atoms with Gasteiger partial charge in [0, 0.05) is 4.88 Å². The van der Waals surface area contributed by atoms with Gasteiger partial charge in [-0.1, -0.05) is 6.07 Å². The number of allylic oxidation sites excluding steroid dienone is 1. The molecule has 2 heterocycles. The first-order valence-corrected chi connectivity index (χ1v) is 6.38. The van der Waals surface area contributed by atoms with Gasteiger partial charge < -0.3 is 9.15 Å². The minimum atomic E-state index is -0.449. The van der Waals surface area contributed by atoms with Crippen molar-refractivity contribution in [1.82, 2.24) is 0 Å².